The Morgan fingerprint density at radius 1 is 1.26 bits per heavy atom. The predicted octanol–water partition coefficient (Wildman–Crippen LogP) is 2.69. The van der Waals surface area contributed by atoms with Crippen molar-refractivity contribution in [2.75, 3.05) is 32.1 Å². The van der Waals surface area contributed by atoms with Gasteiger partial charge in [-0.2, -0.15) is 11.8 Å². The number of anilines is 1. The van der Waals surface area contributed by atoms with Crippen molar-refractivity contribution in [3.63, 3.8) is 0 Å². The number of nitrogens with two attached hydrogens (primary N) is 1. The predicted molar refractivity (Wildman–Crippen MR) is 86.0 cm³/mol. The maximum atomic E-state index is 6.06. The van der Waals surface area contributed by atoms with Crippen LogP contribution in [0, 0.1) is 13.8 Å². The van der Waals surface area contributed by atoms with E-state index in [4.69, 9.17) is 5.73 Å². The van der Waals surface area contributed by atoms with E-state index in [1.54, 1.807) is 11.3 Å². The number of rotatable bonds is 5. The second-order valence-electron chi connectivity index (χ2n) is 4.84. The molecule has 2 aromatic rings. The molecule has 0 aromatic carbocycles. The zero-order chi connectivity index (χ0) is 14.0. The maximum absolute atomic E-state index is 6.06. The minimum absolute atomic E-state index is 0.620. The molecule has 0 unspecified atom stereocenters. The monoisotopic (exact) mass is 296 g/mol. The molecule has 0 bridgehead atoms. The molecular weight excluding hydrogens is 276 g/mol. The lowest BCUT2D eigenvalue weighted by Crippen LogP contribution is -2.15. The van der Waals surface area contributed by atoms with Crippen molar-refractivity contribution in [1.29, 1.82) is 0 Å². The van der Waals surface area contributed by atoms with Crippen LogP contribution in [0.5, 0.6) is 0 Å². The fraction of sp³-hybridized carbons (Fsp3) is 0.538. The number of nitrogens with zero attached hydrogens (tertiary/aromatic N) is 3. The largest absolute Gasteiger partial charge is 0.383 e. The maximum Gasteiger partial charge on any atom is 0.142 e. The molecule has 4 nitrogen and oxygen atoms in total. The van der Waals surface area contributed by atoms with Gasteiger partial charge in [0.15, 0.2) is 0 Å². The molecule has 0 saturated heterocycles. The van der Waals surface area contributed by atoms with E-state index in [9.17, 15) is 0 Å². The van der Waals surface area contributed by atoms with Crippen LogP contribution in [0.1, 0.15) is 16.3 Å². The second-order valence-corrected chi connectivity index (χ2v) is 7.15. The van der Waals surface area contributed by atoms with Gasteiger partial charge in [0.2, 0.25) is 0 Å². The van der Waals surface area contributed by atoms with Crippen molar-refractivity contribution in [2.45, 2.75) is 19.6 Å². The van der Waals surface area contributed by atoms with E-state index in [1.165, 1.54) is 10.4 Å². The zero-order valence-corrected chi connectivity index (χ0v) is 13.5. The van der Waals surface area contributed by atoms with Crippen molar-refractivity contribution in [2.24, 2.45) is 0 Å². The molecule has 2 N–H and O–H groups in total. The van der Waals surface area contributed by atoms with Crippen LogP contribution in [0.2, 0.25) is 0 Å². The van der Waals surface area contributed by atoms with Gasteiger partial charge in [-0.05, 0) is 33.5 Å². The van der Waals surface area contributed by atoms with Crippen LogP contribution in [0.4, 0.5) is 5.82 Å². The van der Waals surface area contributed by atoms with Gasteiger partial charge in [0.05, 0.1) is 11.1 Å². The summed E-state index contributed by atoms with van der Waals surface area (Å²) in [5, 5.41) is 1.03. The summed E-state index contributed by atoms with van der Waals surface area (Å²) >= 11 is 3.55. The first-order valence-corrected chi connectivity index (χ1v) is 8.20. The Morgan fingerprint density at radius 2 is 2.00 bits per heavy atom. The summed E-state index contributed by atoms with van der Waals surface area (Å²) in [7, 11) is 4.16. The van der Waals surface area contributed by atoms with Crippen LogP contribution in [0.25, 0.3) is 10.2 Å². The van der Waals surface area contributed by atoms with E-state index in [2.05, 4.69) is 42.8 Å². The number of aromatic nitrogens is 2. The van der Waals surface area contributed by atoms with Crippen LogP contribution in [-0.4, -0.2) is 41.3 Å². The lowest BCUT2D eigenvalue weighted by atomic mass is 10.2. The van der Waals surface area contributed by atoms with E-state index in [1.807, 2.05) is 11.8 Å². The Bertz CT molecular complexity index is 578. The van der Waals surface area contributed by atoms with Gasteiger partial charge in [0.1, 0.15) is 16.5 Å². The fourth-order valence-electron chi connectivity index (χ4n) is 1.80. The number of hydrogen-bond acceptors (Lipinski definition) is 6. The van der Waals surface area contributed by atoms with Gasteiger partial charge >= 0.3 is 0 Å². The van der Waals surface area contributed by atoms with E-state index in [0.29, 0.717) is 5.82 Å². The first-order chi connectivity index (χ1) is 8.99. The summed E-state index contributed by atoms with van der Waals surface area (Å²) in [6.45, 7) is 5.26. The van der Waals surface area contributed by atoms with E-state index < -0.39 is 0 Å². The number of thioether (sulfide) groups is 1. The highest BCUT2D eigenvalue weighted by Crippen LogP contribution is 2.32. The summed E-state index contributed by atoms with van der Waals surface area (Å²) in [5.74, 6) is 3.37. The normalized spacial score (nSPS) is 11.6. The van der Waals surface area contributed by atoms with Crippen molar-refractivity contribution in [3.05, 3.63) is 16.3 Å². The second kappa shape index (κ2) is 6.07. The zero-order valence-electron chi connectivity index (χ0n) is 11.9. The van der Waals surface area contributed by atoms with Gasteiger partial charge in [0.25, 0.3) is 0 Å². The number of thiophene rings is 1. The Labute approximate surface area is 122 Å². The highest BCUT2D eigenvalue weighted by molar-refractivity contribution is 7.98. The fourth-order valence-corrected chi connectivity index (χ4v) is 3.81. The summed E-state index contributed by atoms with van der Waals surface area (Å²) in [4.78, 5) is 13.5. The Kier molecular flexibility index (Phi) is 4.65. The smallest absolute Gasteiger partial charge is 0.142 e. The first kappa shape index (κ1) is 14.6. The molecule has 2 rings (SSSR count). The summed E-state index contributed by atoms with van der Waals surface area (Å²) in [5.41, 5.74) is 7.27. The molecule has 0 amide bonds. The molecule has 0 fully saturated rings. The summed E-state index contributed by atoms with van der Waals surface area (Å²) in [6, 6.07) is 0. The highest BCUT2D eigenvalue weighted by Gasteiger charge is 2.12. The van der Waals surface area contributed by atoms with Crippen molar-refractivity contribution < 1.29 is 0 Å². The molecule has 2 aromatic heterocycles. The third-order valence-corrected chi connectivity index (χ3v) is 5.05. The molecule has 6 heteroatoms. The molecule has 19 heavy (non-hydrogen) atoms. The molecule has 0 aliphatic rings. The SMILES string of the molecule is Cc1sc2nc(CSCCN(C)C)nc(N)c2c1C. The van der Waals surface area contributed by atoms with E-state index in [-0.39, 0.29) is 0 Å². The molecule has 0 atom stereocenters. The summed E-state index contributed by atoms with van der Waals surface area (Å²) in [6.07, 6.45) is 0. The number of hydrogen-bond donors (Lipinski definition) is 1. The van der Waals surface area contributed by atoms with Crippen LogP contribution < -0.4 is 5.73 Å². The molecular formula is C13H20N4S2. The van der Waals surface area contributed by atoms with E-state index in [0.717, 1.165) is 34.1 Å². The van der Waals surface area contributed by atoms with Crippen LogP contribution in [-0.2, 0) is 5.75 Å². The van der Waals surface area contributed by atoms with Crippen molar-refractivity contribution in [1.82, 2.24) is 14.9 Å². The van der Waals surface area contributed by atoms with Gasteiger partial charge in [-0.3, -0.25) is 0 Å². The van der Waals surface area contributed by atoms with Gasteiger partial charge in [-0.25, -0.2) is 9.97 Å². The van der Waals surface area contributed by atoms with Gasteiger partial charge < -0.3 is 10.6 Å². The topological polar surface area (TPSA) is 55.0 Å². The van der Waals surface area contributed by atoms with Gasteiger partial charge in [-0.1, -0.05) is 0 Å². The van der Waals surface area contributed by atoms with Crippen molar-refractivity contribution >= 4 is 39.1 Å². The standard InChI is InChI=1S/C13H20N4S2/c1-8-9(2)19-13-11(8)12(14)15-10(16-13)7-18-6-5-17(3)4/h5-7H2,1-4H3,(H2,14,15,16). The van der Waals surface area contributed by atoms with Gasteiger partial charge in [-0.15, -0.1) is 11.3 Å². The lowest BCUT2D eigenvalue weighted by Gasteiger charge is -2.08. The van der Waals surface area contributed by atoms with Crippen molar-refractivity contribution in [3.8, 4) is 0 Å². The molecule has 0 aliphatic heterocycles. The Morgan fingerprint density at radius 3 is 2.68 bits per heavy atom. The Balaban J connectivity index is 2.13. The number of fused-ring (bicyclic) bond motifs is 1. The minimum atomic E-state index is 0.620. The molecule has 0 aliphatic carbocycles. The van der Waals surface area contributed by atoms with Gasteiger partial charge in [0, 0.05) is 17.2 Å². The highest BCUT2D eigenvalue weighted by atomic mass is 32.2. The summed E-state index contributed by atoms with van der Waals surface area (Å²) < 4.78 is 0. The number of aryl methyl sites for hydroxylation is 2. The quantitative estimate of drug-likeness (QED) is 0.860. The average Bonchev–Trinajstić information content (AvgIpc) is 2.61. The van der Waals surface area contributed by atoms with Crippen LogP contribution >= 0.6 is 23.1 Å². The average molecular weight is 296 g/mol. The minimum Gasteiger partial charge on any atom is -0.383 e. The van der Waals surface area contributed by atoms with Crippen LogP contribution in [0.3, 0.4) is 0 Å². The first-order valence-electron chi connectivity index (χ1n) is 6.23. The van der Waals surface area contributed by atoms with E-state index >= 15 is 0 Å². The third kappa shape index (κ3) is 3.38. The molecule has 104 valence electrons. The Hall–Kier alpha value is -0.850. The molecule has 0 radical (unpaired) electrons. The third-order valence-electron chi connectivity index (χ3n) is 3.02. The van der Waals surface area contributed by atoms with Crippen LogP contribution in [0.15, 0.2) is 0 Å². The number of nitrogen functional groups attached to an aromatic ring is 1. The molecule has 0 saturated carbocycles. The molecule has 2 heterocycles. The molecule has 0 spiro atoms. The lowest BCUT2D eigenvalue weighted by molar-refractivity contribution is 0.437.